The maximum absolute atomic E-state index is 13.2. The van der Waals surface area contributed by atoms with Crippen LogP contribution < -0.4 is 0 Å². The van der Waals surface area contributed by atoms with Gasteiger partial charge in [-0.05, 0) is 35.7 Å². The Balaban J connectivity index is 1.58. The number of ether oxygens (including phenoxy) is 2. The molecule has 5 heteroatoms. The second kappa shape index (κ2) is 12.0. The number of ketones is 1. The first-order valence-electron chi connectivity index (χ1n) is 18.5. The summed E-state index contributed by atoms with van der Waals surface area (Å²) in [6, 6.07) is 15.9. The summed E-state index contributed by atoms with van der Waals surface area (Å²) in [5, 5.41) is 0. The van der Waals surface area contributed by atoms with Gasteiger partial charge in [-0.2, -0.15) is 0 Å². The number of hydrogen-bond acceptors (Lipinski definition) is 5. The van der Waals surface area contributed by atoms with Gasteiger partial charge in [0.25, 0.3) is 0 Å². The van der Waals surface area contributed by atoms with Crippen LogP contribution in [0.2, 0.25) is 0 Å². The van der Waals surface area contributed by atoms with Gasteiger partial charge in [0.2, 0.25) is 0 Å². The number of esters is 2. The molecule has 2 aromatic rings. The van der Waals surface area contributed by atoms with Crippen molar-refractivity contribution in [1.82, 2.24) is 0 Å². The molecule has 1 heterocycles. The van der Waals surface area contributed by atoms with E-state index in [1.807, 2.05) is 30.3 Å². The summed E-state index contributed by atoms with van der Waals surface area (Å²) in [6.07, 6.45) is -25.5. The topological polar surface area (TPSA) is 69.7 Å². The van der Waals surface area contributed by atoms with Gasteiger partial charge in [-0.15, -0.1) is 0 Å². The summed E-state index contributed by atoms with van der Waals surface area (Å²) in [5.41, 5.74) is 1.93. The quantitative estimate of drug-likeness (QED) is 0.273. The molecule has 2 fully saturated rings. The van der Waals surface area contributed by atoms with Gasteiger partial charge in [0.05, 0.1) is 12.0 Å². The number of benzene rings is 2. The average Bonchev–Trinajstić information content (AvgIpc) is 3.54. The van der Waals surface area contributed by atoms with E-state index in [1.54, 1.807) is 24.3 Å². The van der Waals surface area contributed by atoms with Crippen LogP contribution in [0.5, 0.6) is 0 Å². The van der Waals surface area contributed by atoms with Gasteiger partial charge in [0.1, 0.15) is 12.2 Å². The van der Waals surface area contributed by atoms with Gasteiger partial charge in [0, 0.05) is 45.2 Å². The van der Waals surface area contributed by atoms with Gasteiger partial charge in [0.15, 0.2) is 5.78 Å². The Kier molecular flexibility index (Phi) is 4.16. The van der Waals surface area contributed by atoms with Crippen molar-refractivity contribution in [2.45, 2.75) is 70.1 Å². The zero-order valence-corrected chi connectivity index (χ0v) is 18.6. The Morgan fingerprint density at radius 1 is 1.06 bits per heavy atom. The molecule has 0 N–H and O–H groups in total. The van der Waals surface area contributed by atoms with E-state index < -0.39 is 86.9 Å². The molecule has 4 atom stereocenters. The zero-order chi connectivity index (χ0) is 37.9. The van der Waals surface area contributed by atoms with E-state index in [-0.39, 0.29) is 18.4 Å². The lowest BCUT2D eigenvalue weighted by molar-refractivity contribution is -0.141. The largest absolute Gasteiger partial charge is 0.462 e. The summed E-state index contributed by atoms with van der Waals surface area (Å²) in [5.74, 6) is -4.65. The minimum Gasteiger partial charge on any atom is -0.462 e. The van der Waals surface area contributed by atoms with Crippen LogP contribution in [0, 0.1) is 11.8 Å². The maximum Gasteiger partial charge on any atom is 0.338 e. The molecule has 0 aromatic heterocycles. The highest BCUT2D eigenvalue weighted by Crippen LogP contribution is 2.43. The predicted molar refractivity (Wildman–Crippen MR) is 135 cm³/mol. The minimum atomic E-state index is -4.36. The number of carbonyl (C=O) groups is 3. The Labute approximate surface area is 228 Å². The van der Waals surface area contributed by atoms with Crippen molar-refractivity contribution in [3.63, 3.8) is 0 Å². The number of rotatable bonds is 11. The average molecular weight is 490 g/mol. The molecule has 2 aromatic carbocycles. The summed E-state index contributed by atoms with van der Waals surface area (Å²) in [4.78, 5) is 38.4. The number of hydrogen-bond donors (Lipinski definition) is 0. The number of carbonyl (C=O) groups excluding carboxylic acids is 3. The van der Waals surface area contributed by atoms with E-state index in [1.165, 1.54) is 0 Å². The van der Waals surface area contributed by atoms with Crippen LogP contribution in [0.25, 0.3) is 11.1 Å². The lowest BCUT2D eigenvalue weighted by Crippen LogP contribution is -2.25. The fraction of sp³-hybridized carbons (Fsp3) is 0.433. The van der Waals surface area contributed by atoms with Crippen molar-refractivity contribution in [1.29, 1.82) is 0 Å². The number of allylic oxidation sites excluding steroid dienone is 1. The number of fused-ring (bicyclic) bond motifs is 1. The van der Waals surface area contributed by atoms with Crippen LogP contribution in [-0.4, -0.2) is 29.9 Å². The standard InChI is InChI=1S/C30H34O5/c1-2-3-4-5-9-12-24(31)17-18-25-26-19-29(32)34-28(26)20-27(25)35-30(33)23-15-13-22(14-16-23)21-10-7-6-8-11-21/h6-8,10-11,13-18,25-28H,2-5,9,12,19-20H2,1H3/b18-17+/t25-,26-,27-,28+/m1/s1/i1D3,2D2,3D2,4D2,5D2,9D2,12D2. The van der Waals surface area contributed by atoms with Crippen LogP contribution >= 0.6 is 0 Å². The Morgan fingerprint density at radius 3 is 2.57 bits per heavy atom. The molecule has 0 bridgehead atoms. The fourth-order valence-corrected chi connectivity index (χ4v) is 4.35. The third kappa shape index (κ3) is 6.47. The SMILES string of the molecule is [2H]C([2H])([2H])C([2H])([2H])C([2H])([2H])C([2H])([2H])C([2H])([2H])C([2H])([2H])C([2H])([2H])C(=O)/C=C/[C@@H]1[C@H]2CC(=O)O[C@H]2C[C@H]1OC(=O)c1ccc(-c2ccccc2)cc1. The summed E-state index contributed by atoms with van der Waals surface area (Å²) in [7, 11) is 0. The minimum absolute atomic E-state index is 0.0183. The van der Waals surface area contributed by atoms with E-state index in [0.29, 0.717) is 6.08 Å². The molecule has 2 aliphatic rings. The summed E-state index contributed by atoms with van der Waals surface area (Å²) in [6.45, 7) is -3.85. The van der Waals surface area contributed by atoms with Gasteiger partial charge in [-0.1, -0.05) is 80.9 Å². The Morgan fingerprint density at radius 2 is 1.80 bits per heavy atom. The monoisotopic (exact) mass is 489 g/mol. The second-order valence-corrected chi connectivity index (χ2v) is 8.07. The molecule has 4 rings (SSSR count). The lowest BCUT2D eigenvalue weighted by atomic mass is 9.91. The molecule has 1 aliphatic heterocycles. The highest BCUT2D eigenvalue weighted by atomic mass is 16.6. The van der Waals surface area contributed by atoms with Crippen LogP contribution in [-0.2, 0) is 19.1 Å². The molecule has 1 saturated carbocycles. The molecule has 184 valence electrons. The molecule has 0 unspecified atom stereocenters. The molecule has 1 aliphatic carbocycles. The van der Waals surface area contributed by atoms with E-state index in [0.717, 1.165) is 17.2 Å². The predicted octanol–water partition coefficient (Wildman–Crippen LogP) is 6.32. The first-order chi connectivity index (χ1) is 22.7. The maximum atomic E-state index is 13.2. The lowest BCUT2D eigenvalue weighted by Gasteiger charge is -2.20. The van der Waals surface area contributed by atoms with Crippen molar-refractivity contribution < 1.29 is 44.4 Å². The van der Waals surface area contributed by atoms with Crippen LogP contribution in [0.1, 0.15) is 88.9 Å². The van der Waals surface area contributed by atoms with E-state index in [9.17, 15) is 14.4 Å². The highest BCUT2D eigenvalue weighted by Gasteiger charge is 2.50. The first-order valence-corrected chi connectivity index (χ1v) is 11.0. The van der Waals surface area contributed by atoms with E-state index in [2.05, 4.69) is 0 Å². The van der Waals surface area contributed by atoms with Crippen molar-refractivity contribution in [3.05, 3.63) is 72.3 Å². The van der Waals surface area contributed by atoms with Crippen molar-refractivity contribution in [2.24, 2.45) is 11.8 Å². The molecule has 0 spiro atoms. The Hall–Kier alpha value is -3.21. The molecular weight excluding hydrogens is 440 g/mol. The first kappa shape index (κ1) is 12.2. The zero-order valence-electron chi connectivity index (χ0n) is 33.6. The van der Waals surface area contributed by atoms with Crippen LogP contribution in [0.4, 0.5) is 0 Å². The van der Waals surface area contributed by atoms with Gasteiger partial charge < -0.3 is 9.47 Å². The van der Waals surface area contributed by atoms with Crippen LogP contribution in [0.3, 0.4) is 0 Å². The molecule has 0 radical (unpaired) electrons. The van der Waals surface area contributed by atoms with Crippen molar-refractivity contribution in [3.8, 4) is 11.1 Å². The van der Waals surface area contributed by atoms with Gasteiger partial charge in [-0.3, -0.25) is 9.59 Å². The fourth-order valence-electron chi connectivity index (χ4n) is 4.35. The third-order valence-electron chi connectivity index (χ3n) is 5.94. The summed E-state index contributed by atoms with van der Waals surface area (Å²) >= 11 is 0. The Bertz CT molecular complexity index is 1640. The molecule has 0 amide bonds. The third-order valence-corrected chi connectivity index (χ3v) is 5.94. The van der Waals surface area contributed by atoms with Crippen molar-refractivity contribution in [2.75, 3.05) is 0 Å². The highest BCUT2D eigenvalue weighted by molar-refractivity contribution is 5.91. The molecule has 35 heavy (non-hydrogen) atoms. The van der Waals surface area contributed by atoms with E-state index >= 15 is 0 Å². The summed E-state index contributed by atoms with van der Waals surface area (Å²) < 4.78 is 130. The molecule has 1 saturated heterocycles. The molecule has 5 nitrogen and oxygen atoms in total. The van der Waals surface area contributed by atoms with Crippen molar-refractivity contribution >= 4 is 17.7 Å². The van der Waals surface area contributed by atoms with Crippen LogP contribution in [0.15, 0.2) is 66.7 Å². The molecular formula is C30H34O5. The van der Waals surface area contributed by atoms with E-state index in [4.69, 9.17) is 30.0 Å². The smallest absolute Gasteiger partial charge is 0.338 e. The van der Waals surface area contributed by atoms with Gasteiger partial charge >= 0.3 is 11.9 Å². The normalized spacial score (nSPS) is 32.5. The van der Waals surface area contributed by atoms with Gasteiger partial charge in [-0.25, -0.2) is 4.79 Å². The second-order valence-electron chi connectivity index (χ2n) is 8.07.